The van der Waals surface area contributed by atoms with Gasteiger partial charge in [0.2, 0.25) is 0 Å². The molecule has 4 nitrogen and oxygen atoms in total. The van der Waals surface area contributed by atoms with E-state index >= 15 is 0 Å². The molecule has 1 atom stereocenters. The van der Waals surface area contributed by atoms with Gasteiger partial charge in [-0.1, -0.05) is 12.1 Å². The molecule has 2 rings (SSSR count). The topological polar surface area (TPSA) is 64.3 Å². The number of alkyl carbamates (subject to hydrolysis) is 1. The molecule has 0 aromatic heterocycles. The number of ether oxygens (including phenoxy) is 1. The van der Waals surface area contributed by atoms with Crippen molar-refractivity contribution >= 4 is 11.8 Å². The van der Waals surface area contributed by atoms with Gasteiger partial charge in [0.25, 0.3) is 0 Å². The minimum Gasteiger partial charge on any atom is -0.449 e. The second kappa shape index (κ2) is 4.21. The molecule has 1 saturated heterocycles. The largest absolute Gasteiger partial charge is 0.449 e. The molecule has 3 N–H and O–H groups in total. The zero-order chi connectivity index (χ0) is 10.7. The van der Waals surface area contributed by atoms with Gasteiger partial charge in [-0.25, -0.2) is 4.79 Å². The highest BCUT2D eigenvalue weighted by molar-refractivity contribution is 5.67. The van der Waals surface area contributed by atoms with Crippen LogP contribution in [0.3, 0.4) is 0 Å². The lowest BCUT2D eigenvalue weighted by atomic mass is 9.99. The fourth-order valence-electron chi connectivity index (χ4n) is 1.65. The third kappa shape index (κ3) is 2.62. The van der Waals surface area contributed by atoms with E-state index in [9.17, 15) is 4.79 Å². The normalized spacial score (nSPS) is 20.5. The van der Waals surface area contributed by atoms with Crippen molar-refractivity contribution < 1.29 is 9.53 Å². The Labute approximate surface area is 88.4 Å². The van der Waals surface area contributed by atoms with E-state index in [-0.39, 0.29) is 6.09 Å². The molecule has 1 unspecified atom stereocenters. The summed E-state index contributed by atoms with van der Waals surface area (Å²) in [6.07, 6.45) is 0.587. The minimum atomic E-state index is -0.316. The van der Waals surface area contributed by atoms with Crippen molar-refractivity contribution in [3.8, 4) is 0 Å². The molecule has 0 bridgehead atoms. The van der Waals surface area contributed by atoms with Crippen LogP contribution < -0.4 is 11.1 Å². The Morgan fingerprint density at radius 1 is 1.40 bits per heavy atom. The van der Waals surface area contributed by atoms with Crippen LogP contribution in [0, 0.1) is 5.92 Å². The third-order valence-corrected chi connectivity index (χ3v) is 2.49. The highest BCUT2D eigenvalue weighted by Gasteiger charge is 2.18. The molecule has 0 saturated carbocycles. The van der Waals surface area contributed by atoms with Crippen LogP contribution in [0.5, 0.6) is 0 Å². The molecule has 0 radical (unpaired) electrons. The molecular weight excluding hydrogens is 192 g/mol. The van der Waals surface area contributed by atoms with Crippen LogP contribution in [-0.2, 0) is 11.2 Å². The highest BCUT2D eigenvalue weighted by Crippen LogP contribution is 2.13. The van der Waals surface area contributed by atoms with Crippen LogP contribution in [0.2, 0.25) is 0 Å². The minimum absolute atomic E-state index is 0.316. The maximum absolute atomic E-state index is 10.8. The summed E-state index contributed by atoms with van der Waals surface area (Å²) in [5, 5.41) is 2.68. The predicted molar refractivity (Wildman–Crippen MR) is 57.4 cm³/mol. The second-order valence-electron chi connectivity index (χ2n) is 3.79. The molecular formula is C11H14N2O2. The quantitative estimate of drug-likeness (QED) is 0.714. The van der Waals surface area contributed by atoms with Gasteiger partial charge in [0.05, 0.1) is 6.61 Å². The van der Waals surface area contributed by atoms with Gasteiger partial charge in [-0.3, -0.25) is 0 Å². The number of carbonyl (C=O) groups is 1. The summed E-state index contributed by atoms with van der Waals surface area (Å²) in [5.41, 5.74) is 7.58. The number of nitrogens with one attached hydrogen (secondary N) is 1. The van der Waals surface area contributed by atoms with Crippen LogP contribution in [0.25, 0.3) is 0 Å². The number of nitrogen functional groups attached to an aromatic ring is 1. The van der Waals surface area contributed by atoms with Gasteiger partial charge in [0.15, 0.2) is 0 Å². The smallest absolute Gasteiger partial charge is 0.407 e. The molecule has 80 valence electrons. The number of cyclic esters (lactones) is 1. The molecule has 15 heavy (non-hydrogen) atoms. The van der Waals surface area contributed by atoms with Crippen LogP contribution in [0.1, 0.15) is 5.56 Å². The van der Waals surface area contributed by atoms with Gasteiger partial charge < -0.3 is 15.8 Å². The third-order valence-electron chi connectivity index (χ3n) is 2.49. The molecule has 1 aromatic rings. The van der Waals surface area contributed by atoms with Crippen molar-refractivity contribution in [2.75, 3.05) is 18.9 Å². The first kappa shape index (κ1) is 9.83. The van der Waals surface area contributed by atoms with Gasteiger partial charge in [0.1, 0.15) is 0 Å². The average molecular weight is 206 g/mol. The van der Waals surface area contributed by atoms with E-state index in [4.69, 9.17) is 10.5 Å². The van der Waals surface area contributed by atoms with E-state index in [1.165, 1.54) is 5.56 Å². The fourth-order valence-corrected chi connectivity index (χ4v) is 1.65. The van der Waals surface area contributed by atoms with Gasteiger partial charge in [-0.2, -0.15) is 0 Å². The molecule has 1 amide bonds. The van der Waals surface area contributed by atoms with Crippen molar-refractivity contribution in [2.24, 2.45) is 5.92 Å². The number of anilines is 1. The Morgan fingerprint density at radius 2 is 2.13 bits per heavy atom. The zero-order valence-electron chi connectivity index (χ0n) is 8.40. The standard InChI is InChI=1S/C11H14N2O2/c12-10-3-1-8(2-4-10)5-9-6-13-11(14)15-7-9/h1-4,9H,5-7,12H2,(H,13,14). The second-order valence-corrected chi connectivity index (χ2v) is 3.79. The van der Waals surface area contributed by atoms with Crippen molar-refractivity contribution in [1.29, 1.82) is 0 Å². The number of rotatable bonds is 2. The number of hydrogen-bond acceptors (Lipinski definition) is 3. The fraction of sp³-hybridized carbons (Fsp3) is 0.364. The highest BCUT2D eigenvalue weighted by atomic mass is 16.6. The van der Waals surface area contributed by atoms with E-state index in [1.54, 1.807) is 0 Å². The van der Waals surface area contributed by atoms with Crippen LogP contribution in [0.15, 0.2) is 24.3 Å². The maximum Gasteiger partial charge on any atom is 0.407 e. The predicted octanol–water partition coefficient (Wildman–Crippen LogP) is 1.17. The molecule has 1 aromatic carbocycles. The summed E-state index contributed by atoms with van der Waals surface area (Å²) in [7, 11) is 0. The summed E-state index contributed by atoms with van der Waals surface area (Å²) in [6, 6.07) is 7.78. The van der Waals surface area contributed by atoms with Gasteiger partial charge in [0, 0.05) is 18.2 Å². The van der Waals surface area contributed by atoms with Gasteiger partial charge >= 0.3 is 6.09 Å². The lowest BCUT2D eigenvalue weighted by Crippen LogP contribution is -2.39. The summed E-state index contributed by atoms with van der Waals surface area (Å²) >= 11 is 0. The van der Waals surface area contributed by atoms with Gasteiger partial charge in [-0.15, -0.1) is 0 Å². The first-order valence-electron chi connectivity index (χ1n) is 4.99. The summed E-state index contributed by atoms with van der Waals surface area (Å²) in [6.45, 7) is 1.18. The molecule has 0 aliphatic carbocycles. The molecule has 1 aliphatic heterocycles. The Morgan fingerprint density at radius 3 is 2.73 bits per heavy atom. The average Bonchev–Trinajstić information content (AvgIpc) is 2.25. The monoisotopic (exact) mass is 206 g/mol. The number of nitrogens with two attached hydrogens (primary N) is 1. The van der Waals surface area contributed by atoms with Crippen LogP contribution >= 0.6 is 0 Å². The SMILES string of the molecule is Nc1ccc(CC2CNC(=O)OC2)cc1. The lowest BCUT2D eigenvalue weighted by Gasteiger charge is -2.22. The Kier molecular flexibility index (Phi) is 2.76. The van der Waals surface area contributed by atoms with Crippen molar-refractivity contribution in [3.63, 3.8) is 0 Å². The van der Waals surface area contributed by atoms with E-state index in [1.807, 2.05) is 24.3 Å². The maximum atomic E-state index is 10.8. The first-order chi connectivity index (χ1) is 7.24. The van der Waals surface area contributed by atoms with E-state index in [0.717, 1.165) is 12.1 Å². The molecule has 1 aliphatic rings. The van der Waals surface area contributed by atoms with Crippen LogP contribution in [0.4, 0.5) is 10.5 Å². The Bertz CT molecular complexity index is 338. The van der Waals surface area contributed by atoms with E-state index in [0.29, 0.717) is 19.1 Å². The van der Waals surface area contributed by atoms with E-state index < -0.39 is 0 Å². The first-order valence-corrected chi connectivity index (χ1v) is 4.99. The van der Waals surface area contributed by atoms with Crippen molar-refractivity contribution in [3.05, 3.63) is 29.8 Å². The zero-order valence-corrected chi connectivity index (χ0v) is 8.40. The van der Waals surface area contributed by atoms with Gasteiger partial charge in [-0.05, 0) is 24.1 Å². The number of amides is 1. The summed E-state index contributed by atoms with van der Waals surface area (Å²) < 4.78 is 4.91. The van der Waals surface area contributed by atoms with Crippen LogP contribution in [-0.4, -0.2) is 19.2 Å². The Balaban J connectivity index is 1.91. The van der Waals surface area contributed by atoms with Crippen molar-refractivity contribution in [1.82, 2.24) is 5.32 Å². The molecule has 4 heteroatoms. The summed E-state index contributed by atoms with van der Waals surface area (Å²) in [5.74, 6) is 0.353. The molecule has 1 heterocycles. The molecule has 0 spiro atoms. The lowest BCUT2D eigenvalue weighted by molar-refractivity contribution is 0.103. The van der Waals surface area contributed by atoms with E-state index in [2.05, 4.69) is 5.32 Å². The molecule has 1 fully saturated rings. The number of hydrogen-bond donors (Lipinski definition) is 2. The Hall–Kier alpha value is -1.71. The summed E-state index contributed by atoms with van der Waals surface area (Å²) in [4.78, 5) is 10.8. The number of carbonyl (C=O) groups excluding carboxylic acids is 1. The number of benzene rings is 1. The van der Waals surface area contributed by atoms with Crippen molar-refractivity contribution in [2.45, 2.75) is 6.42 Å².